The van der Waals surface area contributed by atoms with Gasteiger partial charge in [0.15, 0.2) is 11.5 Å². The monoisotopic (exact) mass is 396 g/mol. The number of esters is 1. The first-order valence-electron chi connectivity index (χ1n) is 9.26. The molecule has 0 aliphatic carbocycles. The molecule has 0 saturated carbocycles. The fraction of sp³-hybridized carbons (Fsp3) is 0.286. The van der Waals surface area contributed by atoms with E-state index in [-0.39, 0.29) is 12.5 Å². The summed E-state index contributed by atoms with van der Waals surface area (Å²) in [6, 6.07) is 13.7. The van der Waals surface area contributed by atoms with Crippen molar-refractivity contribution in [1.29, 1.82) is 0 Å². The molecule has 1 fully saturated rings. The number of nitrogens with one attached hydrogen (secondary N) is 2. The molecule has 3 amide bonds. The Balaban J connectivity index is 1.32. The first-order valence-corrected chi connectivity index (χ1v) is 9.26. The minimum atomic E-state index is -0.920. The highest BCUT2D eigenvalue weighted by atomic mass is 16.6. The van der Waals surface area contributed by atoms with Crippen LogP contribution in [0.25, 0.3) is 0 Å². The maximum Gasteiger partial charge on any atom is 0.356 e. The second-order valence-corrected chi connectivity index (χ2v) is 7.17. The first kappa shape index (κ1) is 18.8. The number of imide groups is 1. The van der Waals surface area contributed by atoms with E-state index in [0.29, 0.717) is 30.1 Å². The Morgan fingerprint density at radius 3 is 2.55 bits per heavy atom. The average molecular weight is 396 g/mol. The fourth-order valence-corrected chi connectivity index (χ4v) is 3.19. The third-order valence-electron chi connectivity index (χ3n) is 4.94. The molecule has 2 aromatic rings. The summed E-state index contributed by atoms with van der Waals surface area (Å²) >= 11 is 0. The van der Waals surface area contributed by atoms with Crippen molar-refractivity contribution in [2.45, 2.75) is 31.4 Å². The van der Waals surface area contributed by atoms with Crippen molar-refractivity contribution >= 4 is 17.9 Å². The van der Waals surface area contributed by atoms with E-state index in [1.54, 1.807) is 37.3 Å². The number of hydrogen-bond acceptors (Lipinski definition) is 6. The summed E-state index contributed by atoms with van der Waals surface area (Å²) in [5.41, 5.74) is 0.0303. The molecule has 2 aliphatic heterocycles. The number of benzene rings is 2. The number of hydrogen-bond donors (Lipinski definition) is 2. The van der Waals surface area contributed by atoms with E-state index in [9.17, 15) is 14.4 Å². The van der Waals surface area contributed by atoms with Gasteiger partial charge < -0.3 is 19.5 Å². The molecule has 8 heteroatoms. The van der Waals surface area contributed by atoms with E-state index in [2.05, 4.69) is 10.6 Å². The van der Waals surface area contributed by atoms with E-state index in [1.807, 2.05) is 18.2 Å². The number of carbonyl (C=O) groups excluding carboxylic acids is 3. The van der Waals surface area contributed by atoms with Gasteiger partial charge in [-0.25, -0.2) is 9.59 Å². The Bertz CT molecular complexity index is 958. The van der Waals surface area contributed by atoms with Crippen molar-refractivity contribution in [2.75, 3.05) is 6.61 Å². The lowest BCUT2D eigenvalue weighted by Gasteiger charge is -2.24. The van der Waals surface area contributed by atoms with Crippen LogP contribution >= 0.6 is 0 Å². The molecule has 150 valence electrons. The van der Waals surface area contributed by atoms with Gasteiger partial charge in [0.2, 0.25) is 6.10 Å². The molecule has 29 heavy (non-hydrogen) atoms. The van der Waals surface area contributed by atoms with Gasteiger partial charge in [0.1, 0.15) is 17.9 Å². The standard InChI is InChI=1S/C21H20N2O6/c1-21(19(25)22-20(26)23-21)11-10-13-6-8-14(9-7-13)28-18(24)17-12-27-15-4-2-3-5-16(15)29-17/h2-9,17H,10-12H2,1H3,(H2,22,23,25,26)/t17-,21+/m0/s1. The number of para-hydroxylation sites is 2. The Morgan fingerprint density at radius 1 is 1.14 bits per heavy atom. The van der Waals surface area contributed by atoms with Crippen LogP contribution in [0.5, 0.6) is 17.2 Å². The van der Waals surface area contributed by atoms with Crippen LogP contribution in [0.15, 0.2) is 48.5 Å². The van der Waals surface area contributed by atoms with E-state index < -0.39 is 23.6 Å². The third-order valence-corrected chi connectivity index (χ3v) is 4.94. The summed E-state index contributed by atoms with van der Waals surface area (Å²) in [4.78, 5) is 35.5. The number of urea groups is 1. The van der Waals surface area contributed by atoms with Gasteiger partial charge in [-0.2, -0.15) is 0 Å². The summed E-state index contributed by atoms with van der Waals surface area (Å²) in [6.45, 7) is 1.77. The van der Waals surface area contributed by atoms with E-state index in [0.717, 1.165) is 5.56 Å². The van der Waals surface area contributed by atoms with E-state index in [1.165, 1.54) is 0 Å². The predicted molar refractivity (Wildman–Crippen MR) is 102 cm³/mol. The van der Waals surface area contributed by atoms with Crippen LogP contribution in [-0.2, 0) is 16.0 Å². The molecule has 2 aromatic carbocycles. The van der Waals surface area contributed by atoms with Gasteiger partial charge in [0, 0.05) is 0 Å². The maximum atomic E-state index is 12.4. The molecule has 2 atom stereocenters. The van der Waals surface area contributed by atoms with Crippen molar-refractivity contribution in [3.8, 4) is 17.2 Å². The van der Waals surface area contributed by atoms with Crippen molar-refractivity contribution in [2.24, 2.45) is 0 Å². The van der Waals surface area contributed by atoms with Crippen LogP contribution in [-0.4, -0.2) is 36.2 Å². The first-order chi connectivity index (χ1) is 13.9. The van der Waals surface area contributed by atoms with Gasteiger partial charge in [-0.15, -0.1) is 0 Å². The SMILES string of the molecule is C[C@]1(CCc2ccc(OC(=O)[C@@H]3COc4ccccc4O3)cc2)NC(=O)NC1=O. The van der Waals surface area contributed by atoms with E-state index in [4.69, 9.17) is 14.2 Å². The minimum absolute atomic E-state index is 0.0836. The van der Waals surface area contributed by atoms with Gasteiger partial charge in [-0.3, -0.25) is 10.1 Å². The minimum Gasteiger partial charge on any atom is -0.485 e. The molecule has 0 unspecified atom stereocenters. The molecule has 1 saturated heterocycles. The van der Waals surface area contributed by atoms with Crippen LogP contribution in [0.4, 0.5) is 4.79 Å². The second kappa shape index (κ2) is 7.46. The highest BCUT2D eigenvalue weighted by Crippen LogP contribution is 2.31. The number of rotatable bonds is 5. The van der Waals surface area contributed by atoms with Crippen LogP contribution in [0.3, 0.4) is 0 Å². The highest BCUT2D eigenvalue weighted by molar-refractivity contribution is 6.06. The summed E-state index contributed by atoms with van der Waals surface area (Å²) in [5, 5.41) is 4.88. The normalized spacial score (nSPS) is 22.6. The van der Waals surface area contributed by atoms with Crippen molar-refractivity contribution in [3.63, 3.8) is 0 Å². The quantitative estimate of drug-likeness (QED) is 0.455. The molecule has 0 spiro atoms. The summed E-state index contributed by atoms with van der Waals surface area (Å²) < 4.78 is 16.6. The zero-order valence-corrected chi connectivity index (χ0v) is 15.8. The number of carbonyl (C=O) groups is 3. The molecule has 0 radical (unpaired) electrons. The lowest BCUT2D eigenvalue weighted by molar-refractivity contribution is -0.144. The fourth-order valence-electron chi connectivity index (χ4n) is 3.19. The number of fused-ring (bicyclic) bond motifs is 1. The average Bonchev–Trinajstić information content (AvgIpc) is 2.98. The van der Waals surface area contributed by atoms with Crippen LogP contribution in [0, 0.1) is 0 Å². The van der Waals surface area contributed by atoms with Crippen LogP contribution in [0.1, 0.15) is 18.9 Å². The van der Waals surface area contributed by atoms with Crippen molar-refractivity contribution < 1.29 is 28.6 Å². The summed E-state index contributed by atoms with van der Waals surface area (Å²) in [7, 11) is 0. The Labute approximate surface area is 167 Å². The molecular weight excluding hydrogens is 376 g/mol. The van der Waals surface area contributed by atoms with Gasteiger partial charge in [-0.1, -0.05) is 24.3 Å². The maximum absolute atomic E-state index is 12.4. The summed E-state index contributed by atoms with van der Waals surface area (Å²) in [6.07, 6.45) is 0.194. The Morgan fingerprint density at radius 2 is 1.86 bits per heavy atom. The molecule has 0 aromatic heterocycles. The lowest BCUT2D eigenvalue weighted by atomic mass is 9.93. The van der Waals surface area contributed by atoms with Crippen molar-refractivity contribution in [1.82, 2.24) is 10.6 Å². The molecule has 0 bridgehead atoms. The molecule has 2 heterocycles. The van der Waals surface area contributed by atoms with Crippen LogP contribution in [0.2, 0.25) is 0 Å². The second-order valence-electron chi connectivity index (χ2n) is 7.17. The third kappa shape index (κ3) is 4.01. The number of ether oxygens (including phenoxy) is 3. The van der Waals surface area contributed by atoms with Gasteiger partial charge in [-0.05, 0) is 49.6 Å². The highest BCUT2D eigenvalue weighted by Gasteiger charge is 2.41. The summed E-state index contributed by atoms with van der Waals surface area (Å²) in [5.74, 6) is 0.628. The number of aryl methyl sites for hydroxylation is 1. The molecular formula is C21H20N2O6. The van der Waals surface area contributed by atoms with Crippen molar-refractivity contribution in [3.05, 3.63) is 54.1 Å². The van der Waals surface area contributed by atoms with E-state index >= 15 is 0 Å². The predicted octanol–water partition coefficient (Wildman–Crippen LogP) is 1.96. The lowest BCUT2D eigenvalue weighted by Crippen LogP contribution is -2.43. The zero-order chi connectivity index (χ0) is 20.4. The molecule has 2 N–H and O–H groups in total. The smallest absolute Gasteiger partial charge is 0.356 e. The largest absolute Gasteiger partial charge is 0.485 e. The molecule has 8 nitrogen and oxygen atoms in total. The van der Waals surface area contributed by atoms with Gasteiger partial charge >= 0.3 is 12.0 Å². The van der Waals surface area contributed by atoms with Gasteiger partial charge in [0.25, 0.3) is 5.91 Å². The number of amides is 3. The molecule has 4 rings (SSSR count). The van der Waals surface area contributed by atoms with Crippen LogP contribution < -0.4 is 24.8 Å². The Kier molecular flexibility index (Phi) is 4.84. The topological polar surface area (TPSA) is 103 Å². The van der Waals surface area contributed by atoms with Gasteiger partial charge in [0.05, 0.1) is 0 Å². The molecule has 2 aliphatic rings. The zero-order valence-electron chi connectivity index (χ0n) is 15.8. The Hall–Kier alpha value is -3.55.